The summed E-state index contributed by atoms with van der Waals surface area (Å²) in [7, 11) is -4.55. The lowest BCUT2D eigenvalue weighted by molar-refractivity contribution is -0.0881. The molecule has 49 heavy (non-hydrogen) atoms. The van der Waals surface area contributed by atoms with Crippen molar-refractivity contribution in [1.29, 1.82) is 0 Å². The highest BCUT2D eigenvalue weighted by Crippen LogP contribution is 2.52. The molecule has 0 radical (unpaired) electrons. The number of hydrogen-bond acceptors (Lipinski definition) is 8. The summed E-state index contributed by atoms with van der Waals surface area (Å²) in [6, 6.07) is 36.0. The molecule has 0 saturated heterocycles. The van der Waals surface area contributed by atoms with Crippen LogP contribution >= 0.6 is 18.9 Å². The number of pyridine rings is 1. The third kappa shape index (κ3) is 6.39. The van der Waals surface area contributed by atoms with E-state index in [2.05, 4.69) is 31.7 Å². The molecule has 7 aromatic rings. The first-order valence-corrected chi connectivity index (χ1v) is 17.8. The Kier molecular flexibility index (Phi) is 8.87. The molecular weight excluding hydrogens is 669 g/mol. The molecule has 0 amide bonds. The molecule has 3 heterocycles. The minimum absolute atomic E-state index is 0.00925. The van der Waals surface area contributed by atoms with Crippen LogP contribution in [-0.4, -0.2) is 31.1 Å². The van der Waals surface area contributed by atoms with Crippen LogP contribution in [0, 0.1) is 0 Å². The molecule has 13 heteroatoms. The SMILES string of the molecule is O=C(O)c1ccc2scc(-c3ccc(CC(Cc4ccc(CP(=O)(OF)OF)cc4)(c4ccccc4)n4nnc5ccccc54)cc3)c2n1. The van der Waals surface area contributed by atoms with Crippen molar-refractivity contribution in [3.8, 4) is 11.1 Å². The summed E-state index contributed by atoms with van der Waals surface area (Å²) in [4.78, 5) is 16.0. The predicted molar refractivity (Wildman–Crippen MR) is 183 cm³/mol. The number of aromatic carboxylic acids is 1. The number of aromatic nitrogens is 4. The van der Waals surface area contributed by atoms with Crippen molar-refractivity contribution in [3.05, 3.63) is 149 Å². The van der Waals surface area contributed by atoms with Gasteiger partial charge in [0.2, 0.25) is 0 Å². The van der Waals surface area contributed by atoms with E-state index < -0.39 is 25.3 Å². The van der Waals surface area contributed by atoms with Crippen molar-refractivity contribution in [2.24, 2.45) is 0 Å². The van der Waals surface area contributed by atoms with Gasteiger partial charge in [0, 0.05) is 23.8 Å². The van der Waals surface area contributed by atoms with Gasteiger partial charge in [-0.3, -0.25) is 4.57 Å². The molecule has 1 atom stereocenters. The highest BCUT2D eigenvalue weighted by atomic mass is 32.1. The molecule has 9 nitrogen and oxygen atoms in total. The number of para-hydroxylation sites is 1. The monoisotopic (exact) mass is 696 g/mol. The molecule has 1 N–H and O–H groups in total. The van der Waals surface area contributed by atoms with E-state index in [4.69, 9.17) is 5.21 Å². The summed E-state index contributed by atoms with van der Waals surface area (Å²) >= 11 is 1.51. The van der Waals surface area contributed by atoms with Crippen LogP contribution in [-0.2, 0) is 38.6 Å². The summed E-state index contributed by atoms with van der Waals surface area (Å²) in [5.74, 6) is -1.08. The lowest BCUT2D eigenvalue weighted by atomic mass is 9.78. The molecule has 4 aromatic carbocycles. The summed E-state index contributed by atoms with van der Waals surface area (Å²) < 4.78 is 47.0. The molecule has 246 valence electrons. The van der Waals surface area contributed by atoms with Gasteiger partial charge in [-0.25, -0.2) is 14.5 Å². The lowest BCUT2D eigenvalue weighted by Gasteiger charge is -2.36. The van der Waals surface area contributed by atoms with Gasteiger partial charge in [-0.15, -0.1) is 25.9 Å². The van der Waals surface area contributed by atoms with Crippen LogP contribution in [0.1, 0.15) is 32.7 Å². The summed E-state index contributed by atoms with van der Waals surface area (Å²) in [5.41, 5.74) is 6.41. The van der Waals surface area contributed by atoms with Crippen LogP contribution in [0.15, 0.2) is 121 Å². The summed E-state index contributed by atoms with van der Waals surface area (Å²) in [6.07, 6.45) is 0.371. The molecule has 1 unspecified atom stereocenters. The van der Waals surface area contributed by atoms with Crippen LogP contribution in [0.25, 0.3) is 32.4 Å². The Labute approximate surface area is 282 Å². The van der Waals surface area contributed by atoms with E-state index in [1.54, 1.807) is 18.2 Å². The molecule has 0 saturated carbocycles. The highest BCUT2D eigenvalue weighted by Gasteiger charge is 2.38. The maximum Gasteiger partial charge on any atom is 0.399 e. The van der Waals surface area contributed by atoms with E-state index in [1.807, 2.05) is 88.9 Å². The summed E-state index contributed by atoms with van der Waals surface area (Å²) in [6.45, 7) is 0. The number of halogens is 2. The number of fused-ring (bicyclic) bond motifs is 2. The zero-order valence-electron chi connectivity index (χ0n) is 25.6. The van der Waals surface area contributed by atoms with Gasteiger partial charge in [0.05, 0.1) is 27.4 Å². The fourth-order valence-electron chi connectivity index (χ4n) is 6.23. The quantitative estimate of drug-likeness (QED) is 0.126. The number of benzene rings is 4. The maximum absolute atomic E-state index is 12.8. The van der Waals surface area contributed by atoms with Gasteiger partial charge in [0.25, 0.3) is 0 Å². The molecule has 0 bridgehead atoms. The predicted octanol–water partition coefficient (Wildman–Crippen LogP) is 9.13. The topological polar surface area (TPSA) is 116 Å². The minimum Gasteiger partial charge on any atom is -0.477 e. The third-order valence-corrected chi connectivity index (χ3v) is 10.7. The zero-order chi connectivity index (χ0) is 34.0. The Balaban J connectivity index is 1.31. The van der Waals surface area contributed by atoms with Crippen LogP contribution in [0.3, 0.4) is 0 Å². The highest BCUT2D eigenvalue weighted by molar-refractivity contribution is 7.52. The maximum atomic E-state index is 12.8. The average Bonchev–Trinajstić information content (AvgIpc) is 3.77. The Hall–Kier alpha value is -5.13. The first kappa shape index (κ1) is 32.4. The van der Waals surface area contributed by atoms with Crippen LogP contribution < -0.4 is 0 Å². The molecule has 7 rings (SSSR count). The third-order valence-electron chi connectivity index (χ3n) is 8.57. The van der Waals surface area contributed by atoms with Crippen LogP contribution in [0.4, 0.5) is 9.05 Å². The first-order valence-electron chi connectivity index (χ1n) is 15.2. The van der Waals surface area contributed by atoms with Gasteiger partial charge < -0.3 is 5.11 Å². The number of rotatable bonds is 12. The van der Waals surface area contributed by atoms with E-state index in [1.165, 1.54) is 17.4 Å². The van der Waals surface area contributed by atoms with Gasteiger partial charge >= 0.3 is 13.6 Å². The second-order valence-corrected chi connectivity index (χ2v) is 14.4. The van der Waals surface area contributed by atoms with E-state index in [0.717, 1.165) is 43.6 Å². The van der Waals surface area contributed by atoms with Crippen molar-refractivity contribution in [3.63, 3.8) is 0 Å². The second-order valence-electron chi connectivity index (χ2n) is 11.7. The standard InChI is InChI=1S/C36H27F2N4O5PS/c37-46-48(45,47-38)22-26-12-10-24(11-13-26)20-36(28-6-2-1-3-7-28,42-32-9-5-4-8-30(32)40-41-42)21-25-14-16-27(17-15-25)29-23-49-33-19-18-31(35(43)44)39-34(29)33/h1-19,23H,20-22H2,(H,43,44). The number of thiophene rings is 1. The van der Waals surface area contributed by atoms with E-state index in [9.17, 15) is 23.5 Å². The average molecular weight is 697 g/mol. The normalized spacial score (nSPS) is 13.1. The number of carbonyl (C=O) groups is 1. The number of carboxylic acid groups (broad SMARTS) is 1. The largest absolute Gasteiger partial charge is 0.477 e. The van der Waals surface area contributed by atoms with Crippen LogP contribution in [0.2, 0.25) is 0 Å². The molecule has 0 fully saturated rings. The lowest BCUT2D eigenvalue weighted by Crippen LogP contribution is -2.40. The second kappa shape index (κ2) is 13.4. The Morgan fingerprint density at radius 3 is 2.12 bits per heavy atom. The molecular formula is C36H27F2N4O5PS. The van der Waals surface area contributed by atoms with Crippen molar-refractivity contribution >= 4 is 46.2 Å². The smallest absolute Gasteiger partial charge is 0.399 e. The fourth-order valence-corrected chi connectivity index (χ4v) is 7.92. The van der Waals surface area contributed by atoms with Gasteiger partial charge in [-0.05, 0) is 61.1 Å². The molecule has 0 aliphatic carbocycles. The van der Waals surface area contributed by atoms with Crippen molar-refractivity contribution in [2.45, 2.75) is 24.5 Å². The van der Waals surface area contributed by atoms with E-state index in [0.29, 0.717) is 23.9 Å². The first-order chi connectivity index (χ1) is 23.8. The molecule has 0 spiro atoms. The Bertz CT molecular complexity index is 2310. The molecule has 3 aromatic heterocycles. The van der Waals surface area contributed by atoms with E-state index in [-0.39, 0.29) is 5.69 Å². The minimum atomic E-state index is -4.55. The van der Waals surface area contributed by atoms with Gasteiger partial charge in [0.1, 0.15) is 11.2 Å². The van der Waals surface area contributed by atoms with Gasteiger partial charge in [-0.1, -0.05) is 96.2 Å². The fraction of sp³-hybridized carbons (Fsp3) is 0.111. The zero-order valence-corrected chi connectivity index (χ0v) is 27.4. The molecule has 0 aliphatic heterocycles. The number of hydrogen-bond donors (Lipinski definition) is 1. The Morgan fingerprint density at radius 1 is 0.816 bits per heavy atom. The van der Waals surface area contributed by atoms with Crippen LogP contribution in [0.5, 0.6) is 0 Å². The number of nitrogens with zero attached hydrogens (tertiary/aromatic N) is 4. The number of carboxylic acids is 1. The summed E-state index contributed by atoms with van der Waals surface area (Å²) in [5, 5.41) is 20.7. The Morgan fingerprint density at radius 2 is 1.45 bits per heavy atom. The van der Waals surface area contributed by atoms with Gasteiger partial charge in [-0.2, -0.15) is 0 Å². The van der Waals surface area contributed by atoms with Crippen molar-refractivity contribution in [2.75, 3.05) is 0 Å². The van der Waals surface area contributed by atoms with E-state index >= 15 is 0 Å². The van der Waals surface area contributed by atoms with Crippen molar-refractivity contribution < 1.29 is 33.0 Å². The van der Waals surface area contributed by atoms with Gasteiger partial charge in [0.15, 0.2) is 0 Å². The molecule has 0 aliphatic rings. The van der Waals surface area contributed by atoms with Crippen molar-refractivity contribution in [1.82, 2.24) is 20.0 Å².